The molecular weight excluding hydrogens is 380 g/mol. The zero-order valence-electron chi connectivity index (χ0n) is 18.7. The molecule has 1 N–H and O–H groups in total. The maximum atomic E-state index is 12.9. The number of methoxy groups -OCH3 is 1. The van der Waals surface area contributed by atoms with E-state index in [4.69, 9.17) is 9.47 Å². The number of nitrogens with one attached hydrogen (secondary N) is 1. The summed E-state index contributed by atoms with van der Waals surface area (Å²) in [5, 5.41) is 3.02. The molecule has 0 unspecified atom stereocenters. The van der Waals surface area contributed by atoms with E-state index in [-0.39, 0.29) is 31.6 Å². The van der Waals surface area contributed by atoms with Crippen molar-refractivity contribution in [3.05, 3.63) is 59.2 Å². The predicted molar refractivity (Wildman–Crippen MR) is 118 cm³/mol. The SMILES string of the molecule is CC[N+](CC)(CC(=O)Nc1c(C)cc(OC)cc1C)CC(=O)OCc1ccccc1. The quantitative estimate of drug-likeness (QED) is 0.475. The summed E-state index contributed by atoms with van der Waals surface area (Å²) >= 11 is 0. The second-order valence-corrected chi connectivity index (χ2v) is 7.62. The highest BCUT2D eigenvalue weighted by atomic mass is 16.5. The van der Waals surface area contributed by atoms with Crippen LogP contribution in [0.5, 0.6) is 5.75 Å². The van der Waals surface area contributed by atoms with Gasteiger partial charge < -0.3 is 19.3 Å². The van der Waals surface area contributed by atoms with Crippen LogP contribution in [0, 0.1) is 13.8 Å². The number of nitrogens with zero attached hydrogens (tertiary/aromatic N) is 1. The summed E-state index contributed by atoms with van der Waals surface area (Å²) in [7, 11) is 1.62. The number of hydrogen-bond donors (Lipinski definition) is 1. The number of ether oxygens (including phenoxy) is 2. The number of carbonyl (C=O) groups excluding carboxylic acids is 2. The van der Waals surface area contributed by atoms with Crippen molar-refractivity contribution in [2.45, 2.75) is 34.3 Å². The molecule has 0 aromatic heterocycles. The molecule has 0 aliphatic heterocycles. The lowest BCUT2D eigenvalue weighted by atomic mass is 10.1. The van der Waals surface area contributed by atoms with E-state index < -0.39 is 0 Å². The van der Waals surface area contributed by atoms with Gasteiger partial charge >= 0.3 is 5.97 Å². The lowest BCUT2D eigenvalue weighted by Crippen LogP contribution is -2.55. The Labute approximate surface area is 179 Å². The molecule has 0 bridgehead atoms. The van der Waals surface area contributed by atoms with Crippen LogP contribution < -0.4 is 10.1 Å². The monoisotopic (exact) mass is 413 g/mol. The van der Waals surface area contributed by atoms with Gasteiger partial charge in [0.2, 0.25) is 0 Å². The van der Waals surface area contributed by atoms with Gasteiger partial charge in [0.1, 0.15) is 12.4 Å². The number of esters is 1. The van der Waals surface area contributed by atoms with Crippen molar-refractivity contribution in [2.75, 3.05) is 38.6 Å². The van der Waals surface area contributed by atoms with Crippen LogP contribution in [0.15, 0.2) is 42.5 Å². The summed E-state index contributed by atoms with van der Waals surface area (Å²) in [6.45, 7) is 9.78. The molecule has 6 nitrogen and oxygen atoms in total. The molecule has 2 aromatic carbocycles. The summed E-state index contributed by atoms with van der Waals surface area (Å²) < 4.78 is 11.1. The maximum Gasteiger partial charge on any atom is 0.362 e. The summed E-state index contributed by atoms with van der Waals surface area (Å²) in [6.07, 6.45) is 0. The van der Waals surface area contributed by atoms with E-state index in [9.17, 15) is 9.59 Å². The number of aryl methyl sites for hydroxylation is 2. The van der Waals surface area contributed by atoms with Crippen LogP contribution in [-0.4, -0.2) is 49.6 Å². The van der Waals surface area contributed by atoms with Crippen molar-refractivity contribution >= 4 is 17.6 Å². The van der Waals surface area contributed by atoms with Crippen LogP contribution in [0.1, 0.15) is 30.5 Å². The zero-order chi connectivity index (χ0) is 22.1. The number of amides is 1. The number of rotatable bonds is 10. The Hall–Kier alpha value is -2.86. The molecule has 162 valence electrons. The van der Waals surface area contributed by atoms with E-state index in [1.807, 2.05) is 70.2 Å². The Morgan fingerprint density at radius 2 is 1.57 bits per heavy atom. The number of anilines is 1. The molecule has 30 heavy (non-hydrogen) atoms. The molecule has 0 radical (unpaired) electrons. The van der Waals surface area contributed by atoms with Gasteiger partial charge in [0.05, 0.1) is 20.2 Å². The molecule has 0 spiro atoms. The molecule has 0 heterocycles. The lowest BCUT2D eigenvalue weighted by Gasteiger charge is -2.35. The smallest absolute Gasteiger partial charge is 0.362 e. The maximum absolute atomic E-state index is 12.9. The van der Waals surface area contributed by atoms with Crippen LogP contribution in [-0.2, 0) is 20.9 Å². The van der Waals surface area contributed by atoms with Crippen molar-refractivity contribution in [2.24, 2.45) is 0 Å². The third kappa shape index (κ3) is 6.32. The first kappa shape index (κ1) is 23.4. The van der Waals surface area contributed by atoms with Gasteiger partial charge in [-0.05, 0) is 56.5 Å². The Bertz CT molecular complexity index is 838. The topological polar surface area (TPSA) is 64.6 Å². The average molecular weight is 414 g/mol. The summed E-state index contributed by atoms with van der Waals surface area (Å²) in [4.78, 5) is 25.3. The Kier molecular flexibility index (Phi) is 8.42. The Morgan fingerprint density at radius 3 is 2.10 bits per heavy atom. The van der Waals surface area contributed by atoms with Gasteiger partial charge in [-0.15, -0.1) is 0 Å². The molecule has 6 heteroatoms. The van der Waals surface area contributed by atoms with Gasteiger partial charge in [-0.1, -0.05) is 30.3 Å². The van der Waals surface area contributed by atoms with E-state index in [2.05, 4.69) is 5.32 Å². The Balaban J connectivity index is 2.02. The van der Waals surface area contributed by atoms with E-state index >= 15 is 0 Å². The molecular formula is C24H33N2O4+. The fourth-order valence-electron chi connectivity index (χ4n) is 3.51. The van der Waals surface area contributed by atoms with E-state index in [1.54, 1.807) is 7.11 Å². The minimum Gasteiger partial charge on any atom is -0.497 e. The number of carbonyl (C=O) groups is 2. The number of likely N-dealkylation sites (N-methyl/N-ethyl adjacent to an activating group) is 1. The standard InChI is InChI=1S/C24H32N2O4/c1-6-26(7-2,16-23(28)30-17-20-11-9-8-10-12-20)15-22(27)25-24-18(3)13-21(29-5)14-19(24)4/h8-14H,6-7,15-17H2,1-5H3/p+1. The number of benzene rings is 2. The van der Waals surface area contributed by atoms with Crippen LogP contribution in [0.4, 0.5) is 5.69 Å². The van der Waals surface area contributed by atoms with Crippen LogP contribution in [0.2, 0.25) is 0 Å². The molecule has 0 aliphatic rings. The minimum absolute atomic E-state index is 0.120. The zero-order valence-corrected chi connectivity index (χ0v) is 18.7. The van der Waals surface area contributed by atoms with Crippen molar-refractivity contribution < 1.29 is 23.5 Å². The van der Waals surface area contributed by atoms with Crippen molar-refractivity contribution in [1.29, 1.82) is 0 Å². The van der Waals surface area contributed by atoms with Crippen molar-refractivity contribution in [3.8, 4) is 5.75 Å². The first-order valence-corrected chi connectivity index (χ1v) is 10.3. The van der Waals surface area contributed by atoms with Gasteiger partial charge in [0.25, 0.3) is 5.91 Å². The summed E-state index contributed by atoms with van der Waals surface area (Å²) in [5.74, 6) is 0.342. The van der Waals surface area contributed by atoms with Gasteiger partial charge in [0, 0.05) is 5.69 Å². The summed E-state index contributed by atoms with van der Waals surface area (Å²) in [5.41, 5.74) is 3.61. The minimum atomic E-state index is -0.299. The van der Waals surface area contributed by atoms with E-state index in [1.165, 1.54) is 0 Å². The van der Waals surface area contributed by atoms with Crippen LogP contribution in [0.25, 0.3) is 0 Å². The molecule has 0 saturated carbocycles. The highest BCUT2D eigenvalue weighted by molar-refractivity contribution is 5.93. The number of quaternary nitrogens is 1. The van der Waals surface area contributed by atoms with E-state index in [0.29, 0.717) is 17.6 Å². The first-order valence-electron chi connectivity index (χ1n) is 10.3. The third-order valence-corrected chi connectivity index (χ3v) is 5.53. The van der Waals surface area contributed by atoms with Gasteiger partial charge in [-0.3, -0.25) is 4.79 Å². The highest BCUT2D eigenvalue weighted by Gasteiger charge is 2.31. The highest BCUT2D eigenvalue weighted by Crippen LogP contribution is 2.26. The molecule has 2 rings (SSSR count). The molecule has 0 atom stereocenters. The second kappa shape index (κ2) is 10.8. The van der Waals surface area contributed by atoms with E-state index in [0.717, 1.165) is 28.1 Å². The summed E-state index contributed by atoms with van der Waals surface area (Å²) in [6, 6.07) is 13.4. The molecule has 0 fully saturated rings. The normalized spacial score (nSPS) is 11.1. The molecule has 1 amide bonds. The number of hydrogen-bond acceptors (Lipinski definition) is 4. The van der Waals surface area contributed by atoms with Crippen molar-refractivity contribution in [3.63, 3.8) is 0 Å². The predicted octanol–water partition coefficient (Wildman–Crippen LogP) is 3.85. The lowest BCUT2D eigenvalue weighted by molar-refractivity contribution is -0.910. The largest absolute Gasteiger partial charge is 0.497 e. The second-order valence-electron chi connectivity index (χ2n) is 7.62. The molecule has 2 aromatic rings. The van der Waals surface area contributed by atoms with Gasteiger partial charge in [-0.2, -0.15) is 0 Å². The fraction of sp³-hybridized carbons (Fsp3) is 0.417. The Morgan fingerprint density at radius 1 is 0.967 bits per heavy atom. The van der Waals surface area contributed by atoms with Crippen LogP contribution >= 0.6 is 0 Å². The molecule has 0 saturated heterocycles. The first-order chi connectivity index (χ1) is 14.3. The average Bonchev–Trinajstić information content (AvgIpc) is 2.74. The van der Waals surface area contributed by atoms with Gasteiger partial charge in [-0.25, -0.2) is 4.79 Å². The third-order valence-electron chi connectivity index (χ3n) is 5.53. The van der Waals surface area contributed by atoms with Crippen molar-refractivity contribution in [1.82, 2.24) is 0 Å². The fourth-order valence-corrected chi connectivity index (χ4v) is 3.51. The van der Waals surface area contributed by atoms with Gasteiger partial charge in [0.15, 0.2) is 13.1 Å². The van der Waals surface area contributed by atoms with Crippen LogP contribution in [0.3, 0.4) is 0 Å². The molecule has 0 aliphatic carbocycles.